The molecule has 0 aromatic carbocycles. The van der Waals surface area contributed by atoms with Crippen molar-refractivity contribution in [3.8, 4) is 0 Å². The van der Waals surface area contributed by atoms with E-state index in [1.165, 1.54) is 12.4 Å². The molecule has 0 saturated carbocycles. The molecule has 1 heterocycles. The summed E-state index contributed by atoms with van der Waals surface area (Å²) < 4.78 is 0. The Bertz CT molecular complexity index is 306. The van der Waals surface area contributed by atoms with Crippen LogP contribution in [0.1, 0.15) is 30.1 Å². The molecule has 0 aliphatic rings. The number of hydrogen-bond acceptors (Lipinski definition) is 3. The number of ketones is 2. The van der Waals surface area contributed by atoms with Gasteiger partial charge in [0, 0.05) is 24.4 Å². The van der Waals surface area contributed by atoms with Crippen molar-refractivity contribution in [1.29, 1.82) is 0 Å². The molecule has 1 aromatic rings. The molecule has 68 valence electrons. The topological polar surface area (TPSA) is 47.0 Å². The zero-order valence-corrected chi connectivity index (χ0v) is 7.49. The van der Waals surface area contributed by atoms with Crippen molar-refractivity contribution in [3.05, 3.63) is 30.1 Å². The van der Waals surface area contributed by atoms with Crippen LogP contribution in [-0.2, 0) is 4.79 Å². The molecule has 3 nitrogen and oxygen atoms in total. The molecule has 0 aliphatic heterocycles. The number of Topliss-reactive ketones (excluding diaryl/α,β-unsaturated/α-hetero) is 2. The second-order valence-corrected chi connectivity index (χ2v) is 2.74. The SMILES string of the molecule is CCCC(=O)C(=O)c1ccncc1. The summed E-state index contributed by atoms with van der Waals surface area (Å²) in [4.78, 5) is 26.3. The molecule has 0 unspecified atom stereocenters. The van der Waals surface area contributed by atoms with Crippen LogP contribution in [0.3, 0.4) is 0 Å². The van der Waals surface area contributed by atoms with Gasteiger partial charge in [-0.2, -0.15) is 0 Å². The van der Waals surface area contributed by atoms with Gasteiger partial charge in [0.15, 0.2) is 0 Å². The summed E-state index contributed by atoms with van der Waals surface area (Å²) in [5, 5.41) is 0. The smallest absolute Gasteiger partial charge is 0.228 e. The lowest BCUT2D eigenvalue weighted by Gasteiger charge is -1.97. The minimum absolute atomic E-state index is 0.321. The monoisotopic (exact) mass is 177 g/mol. The Morgan fingerprint density at radius 1 is 1.31 bits per heavy atom. The van der Waals surface area contributed by atoms with Gasteiger partial charge in [0.2, 0.25) is 11.6 Å². The van der Waals surface area contributed by atoms with Gasteiger partial charge >= 0.3 is 0 Å². The number of aromatic nitrogens is 1. The lowest BCUT2D eigenvalue weighted by Crippen LogP contribution is -2.13. The minimum Gasteiger partial charge on any atom is -0.290 e. The van der Waals surface area contributed by atoms with Gasteiger partial charge in [-0.3, -0.25) is 14.6 Å². The summed E-state index contributed by atoms with van der Waals surface area (Å²) in [6, 6.07) is 3.10. The Morgan fingerprint density at radius 2 is 1.92 bits per heavy atom. The highest BCUT2D eigenvalue weighted by atomic mass is 16.2. The maximum Gasteiger partial charge on any atom is 0.228 e. The molecule has 0 bridgehead atoms. The maximum absolute atomic E-state index is 11.4. The summed E-state index contributed by atoms with van der Waals surface area (Å²) in [6.45, 7) is 1.87. The van der Waals surface area contributed by atoms with Gasteiger partial charge in [-0.25, -0.2) is 0 Å². The summed E-state index contributed by atoms with van der Waals surface area (Å²) in [5.74, 6) is -0.738. The lowest BCUT2D eigenvalue weighted by atomic mass is 10.1. The van der Waals surface area contributed by atoms with Gasteiger partial charge < -0.3 is 0 Å². The highest BCUT2D eigenvalue weighted by Crippen LogP contribution is 2.01. The minimum atomic E-state index is -0.413. The highest BCUT2D eigenvalue weighted by molar-refractivity contribution is 6.43. The summed E-state index contributed by atoms with van der Waals surface area (Å²) in [5.41, 5.74) is 0.424. The van der Waals surface area contributed by atoms with E-state index in [1.54, 1.807) is 12.1 Å². The Balaban J connectivity index is 2.74. The number of rotatable bonds is 4. The van der Waals surface area contributed by atoms with E-state index < -0.39 is 5.78 Å². The summed E-state index contributed by atoms with van der Waals surface area (Å²) in [6.07, 6.45) is 4.04. The van der Waals surface area contributed by atoms with Crippen molar-refractivity contribution in [2.24, 2.45) is 0 Å². The fourth-order valence-corrected chi connectivity index (χ4v) is 1.00. The standard InChI is InChI=1S/C10H11NO2/c1-2-3-9(12)10(13)8-4-6-11-7-5-8/h4-7H,2-3H2,1H3. The van der Waals surface area contributed by atoms with Crippen LogP contribution in [0.25, 0.3) is 0 Å². The summed E-state index contributed by atoms with van der Waals surface area (Å²) in [7, 11) is 0. The van der Waals surface area contributed by atoms with Crippen molar-refractivity contribution in [2.75, 3.05) is 0 Å². The van der Waals surface area contributed by atoms with Gasteiger partial charge in [-0.15, -0.1) is 0 Å². The second-order valence-electron chi connectivity index (χ2n) is 2.74. The van der Waals surface area contributed by atoms with E-state index in [9.17, 15) is 9.59 Å². The van der Waals surface area contributed by atoms with Crippen LogP contribution in [0.5, 0.6) is 0 Å². The van der Waals surface area contributed by atoms with E-state index >= 15 is 0 Å². The predicted octanol–water partition coefficient (Wildman–Crippen LogP) is 1.63. The molecule has 0 radical (unpaired) electrons. The van der Waals surface area contributed by atoms with Crippen LogP contribution >= 0.6 is 0 Å². The molecule has 3 heteroatoms. The highest BCUT2D eigenvalue weighted by Gasteiger charge is 2.13. The van der Waals surface area contributed by atoms with Crippen molar-refractivity contribution in [2.45, 2.75) is 19.8 Å². The zero-order valence-electron chi connectivity index (χ0n) is 7.49. The van der Waals surface area contributed by atoms with E-state index in [2.05, 4.69) is 4.98 Å². The Kier molecular flexibility index (Phi) is 3.31. The van der Waals surface area contributed by atoms with Crippen LogP contribution in [0, 0.1) is 0 Å². The first-order valence-electron chi connectivity index (χ1n) is 4.23. The molecular weight excluding hydrogens is 166 g/mol. The van der Waals surface area contributed by atoms with Gasteiger partial charge in [0.1, 0.15) is 0 Å². The van der Waals surface area contributed by atoms with E-state index in [1.807, 2.05) is 6.92 Å². The quantitative estimate of drug-likeness (QED) is 0.518. The van der Waals surface area contributed by atoms with Gasteiger partial charge in [-0.1, -0.05) is 6.92 Å². The lowest BCUT2D eigenvalue weighted by molar-refractivity contribution is -0.115. The third-order valence-electron chi connectivity index (χ3n) is 1.67. The van der Waals surface area contributed by atoms with Crippen molar-refractivity contribution < 1.29 is 9.59 Å². The second kappa shape index (κ2) is 4.50. The summed E-state index contributed by atoms with van der Waals surface area (Å²) >= 11 is 0. The van der Waals surface area contributed by atoms with Crippen LogP contribution < -0.4 is 0 Å². The fourth-order valence-electron chi connectivity index (χ4n) is 1.00. The normalized spacial score (nSPS) is 9.62. The van der Waals surface area contributed by atoms with Crippen molar-refractivity contribution in [3.63, 3.8) is 0 Å². The van der Waals surface area contributed by atoms with Crippen LogP contribution in [0.15, 0.2) is 24.5 Å². The number of nitrogens with zero attached hydrogens (tertiary/aromatic N) is 1. The molecule has 0 fully saturated rings. The van der Waals surface area contributed by atoms with Crippen LogP contribution in [0.4, 0.5) is 0 Å². The predicted molar refractivity (Wildman–Crippen MR) is 48.5 cm³/mol. The van der Waals surface area contributed by atoms with Crippen LogP contribution in [-0.4, -0.2) is 16.6 Å². The third-order valence-corrected chi connectivity index (χ3v) is 1.67. The molecule has 1 rings (SSSR count). The van der Waals surface area contributed by atoms with Gasteiger partial charge in [-0.05, 0) is 18.6 Å². The number of carbonyl (C=O) groups excluding carboxylic acids is 2. The Morgan fingerprint density at radius 3 is 2.46 bits per heavy atom. The third kappa shape index (κ3) is 2.47. The largest absolute Gasteiger partial charge is 0.290 e. The molecule has 0 saturated heterocycles. The molecular formula is C10H11NO2. The van der Waals surface area contributed by atoms with E-state index in [0.29, 0.717) is 18.4 Å². The molecule has 0 aliphatic carbocycles. The number of hydrogen-bond donors (Lipinski definition) is 0. The molecule has 0 N–H and O–H groups in total. The van der Waals surface area contributed by atoms with E-state index in [4.69, 9.17) is 0 Å². The fraction of sp³-hybridized carbons (Fsp3) is 0.300. The zero-order chi connectivity index (χ0) is 9.68. The molecule has 1 aromatic heterocycles. The van der Waals surface area contributed by atoms with Crippen molar-refractivity contribution >= 4 is 11.6 Å². The molecule has 0 atom stereocenters. The maximum atomic E-state index is 11.4. The average Bonchev–Trinajstić information content (AvgIpc) is 2.18. The molecule has 0 amide bonds. The average molecular weight is 177 g/mol. The van der Waals surface area contributed by atoms with Gasteiger partial charge in [0.05, 0.1) is 0 Å². The van der Waals surface area contributed by atoms with Crippen LogP contribution in [0.2, 0.25) is 0 Å². The Labute approximate surface area is 76.8 Å². The molecule has 13 heavy (non-hydrogen) atoms. The van der Waals surface area contributed by atoms with E-state index in [-0.39, 0.29) is 5.78 Å². The van der Waals surface area contributed by atoms with Crippen molar-refractivity contribution in [1.82, 2.24) is 4.98 Å². The van der Waals surface area contributed by atoms with Gasteiger partial charge in [0.25, 0.3) is 0 Å². The number of carbonyl (C=O) groups is 2. The first kappa shape index (κ1) is 9.58. The Hall–Kier alpha value is -1.51. The first-order valence-corrected chi connectivity index (χ1v) is 4.23. The number of pyridine rings is 1. The molecule has 0 spiro atoms. The first-order chi connectivity index (χ1) is 6.25. The van der Waals surface area contributed by atoms with E-state index in [0.717, 1.165) is 0 Å².